The second-order valence-corrected chi connectivity index (χ2v) is 10.3. The lowest BCUT2D eigenvalue weighted by Crippen LogP contribution is -2.46. The van der Waals surface area contributed by atoms with E-state index in [0.29, 0.717) is 24.4 Å². The first-order valence-corrected chi connectivity index (χ1v) is 13.2. The van der Waals surface area contributed by atoms with Gasteiger partial charge in [0.05, 0.1) is 5.57 Å². The van der Waals surface area contributed by atoms with Gasteiger partial charge in [-0.25, -0.2) is 14.3 Å². The maximum atomic E-state index is 13.3. The molecule has 3 aromatic rings. The van der Waals surface area contributed by atoms with Gasteiger partial charge >= 0.3 is 5.97 Å². The van der Waals surface area contributed by atoms with Gasteiger partial charge in [-0.3, -0.25) is 4.98 Å². The number of pyridine rings is 1. The minimum Gasteiger partial charge on any atom is -0.512 e. The van der Waals surface area contributed by atoms with Crippen LogP contribution in [0.1, 0.15) is 80.7 Å². The van der Waals surface area contributed by atoms with Crippen molar-refractivity contribution in [3.8, 4) is 0 Å². The molecule has 190 valence electrons. The molecule has 0 bridgehead atoms. The molecule has 0 amide bonds. The number of aromatic nitrogens is 5. The number of carbonyl (C=O) groups is 1. The first kappa shape index (κ1) is 24.4. The van der Waals surface area contributed by atoms with Gasteiger partial charge in [0.1, 0.15) is 11.4 Å². The summed E-state index contributed by atoms with van der Waals surface area (Å²) in [4.78, 5) is 26.7. The van der Waals surface area contributed by atoms with E-state index in [1.165, 1.54) is 5.56 Å². The molecule has 1 N–H and O–H groups in total. The number of rotatable bonds is 8. The zero-order valence-electron chi connectivity index (χ0n) is 21.5. The highest BCUT2D eigenvalue weighted by Gasteiger charge is 2.48. The van der Waals surface area contributed by atoms with Crippen molar-refractivity contribution < 1.29 is 14.6 Å². The van der Waals surface area contributed by atoms with Crippen LogP contribution >= 0.6 is 0 Å². The van der Waals surface area contributed by atoms with Crippen LogP contribution in [0, 0.1) is 12.8 Å². The number of aliphatic hydroxyl groups is 1. The molecule has 5 rings (SSSR count). The zero-order chi connectivity index (χ0) is 25.3. The topological polar surface area (TPSA) is 102 Å². The fourth-order valence-corrected chi connectivity index (χ4v) is 5.72. The number of aryl methyl sites for hydroxylation is 4. The first-order valence-electron chi connectivity index (χ1n) is 13.2. The molecule has 0 aromatic carbocycles. The molecule has 1 saturated carbocycles. The van der Waals surface area contributed by atoms with E-state index in [-0.39, 0.29) is 23.7 Å². The second-order valence-electron chi connectivity index (χ2n) is 10.3. The fourth-order valence-electron chi connectivity index (χ4n) is 5.72. The number of ether oxygens (including phenoxy) is 1. The van der Waals surface area contributed by atoms with Gasteiger partial charge in [-0.2, -0.15) is 4.98 Å². The Morgan fingerprint density at radius 1 is 1.14 bits per heavy atom. The molecule has 3 aromatic heterocycles. The maximum Gasteiger partial charge on any atom is 0.338 e. The summed E-state index contributed by atoms with van der Waals surface area (Å²) in [6, 6.07) is 4.33. The van der Waals surface area contributed by atoms with Gasteiger partial charge in [0.15, 0.2) is 5.82 Å². The van der Waals surface area contributed by atoms with Crippen LogP contribution in [0.4, 0.5) is 0 Å². The van der Waals surface area contributed by atoms with Crippen molar-refractivity contribution in [2.45, 2.75) is 90.6 Å². The van der Waals surface area contributed by atoms with E-state index in [9.17, 15) is 9.90 Å². The molecule has 36 heavy (non-hydrogen) atoms. The van der Waals surface area contributed by atoms with Crippen LogP contribution < -0.4 is 0 Å². The number of hydrogen-bond acceptors (Lipinski definition) is 7. The molecule has 1 atom stereocenters. The first-order chi connectivity index (χ1) is 17.4. The van der Waals surface area contributed by atoms with Gasteiger partial charge < -0.3 is 9.84 Å². The van der Waals surface area contributed by atoms with Crippen molar-refractivity contribution in [3.63, 3.8) is 0 Å². The standard InChI is InChI=1S/C28H35N5O3/c1-4-21-12-19(13-22(5-2)30-21)10-11-28(20-8-6-7-9-20)15-24(34)23(26(35)36-28)14-25-31-27-29-16-18(3)17-33(27)32-25/h12-13,16-17,20,34H,4-11,14-15H2,1-3H3. The van der Waals surface area contributed by atoms with Crippen molar-refractivity contribution >= 4 is 11.7 Å². The highest BCUT2D eigenvalue weighted by atomic mass is 16.6. The van der Waals surface area contributed by atoms with Crippen molar-refractivity contribution in [1.29, 1.82) is 0 Å². The second kappa shape index (κ2) is 9.99. The highest BCUT2D eigenvalue weighted by Crippen LogP contribution is 2.46. The Balaban J connectivity index is 1.40. The lowest BCUT2D eigenvalue weighted by atomic mass is 9.76. The van der Waals surface area contributed by atoms with Crippen molar-refractivity contribution in [2.24, 2.45) is 5.92 Å². The summed E-state index contributed by atoms with van der Waals surface area (Å²) in [5.41, 5.74) is 3.93. The highest BCUT2D eigenvalue weighted by molar-refractivity contribution is 5.90. The normalized spacial score (nSPS) is 20.9. The Kier molecular flexibility index (Phi) is 6.77. The predicted molar refractivity (Wildman–Crippen MR) is 136 cm³/mol. The van der Waals surface area contributed by atoms with Gasteiger partial charge in [-0.1, -0.05) is 26.7 Å². The summed E-state index contributed by atoms with van der Waals surface area (Å²) < 4.78 is 7.89. The van der Waals surface area contributed by atoms with Crippen LogP contribution in [0.3, 0.4) is 0 Å². The van der Waals surface area contributed by atoms with Crippen LogP contribution in [0.2, 0.25) is 0 Å². The molecule has 4 heterocycles. The summed E-state index contributed by atoms with van der Waals surface area (Å²) >= 11 is 0. The third-order valence-corrected chi connectivity index (χ3v) is 7.71. The fraction of sp³-hybridized carbons (Fsp3) is 0.536. The smallest absolute Gasteiger partial charge is 0.338 e. The Morgan fingerprint density at radius 3 is 2.53 bits per heavy atom. The maximum absolute atomic E-state index is 13.3. The van der Waals surface area contributed by atoms with E-state index in [1.54, 1.807) is 10.7 Å². The molecule has 1 aliphatic heterocycles. The molecule has 0 spiro atoms. The van der Waals surface area contributed by atoms with Crippen LogP contribution in [-0.2, 0) is 35.2 Å². The third kappa shape index (κ3) is 4.86. The van der Waals surface area contributed by atoms with Crippen molar-refractivity contribution in [3.05, 3.63) is 64.2 Å². The van der Waals surface area contributed by atoms with Gasteiger partial charge in [-0.15, -0.1) is 5.10 Å². The van der Waals surface area contributed by atoms with Gasteiger partial charge in [0.25, 0.3) is 5.78 Å². The van der Waals surface area contributed by atoms with E-state index in [0.717, 1.165) is 61.9 Å². The SMILES string of the molecule is CCc1cc(CCC2(C3CCCC3)CC(O)=C(Cc3nc4ncc(C)cn4n3)C(=O)O2)cc(CC)n1. The number of hydrogen-bond donors (Lipinski definition) is 1. The largest absolute Gasteiger partial charge is 0.512 e. The lowest BCUT2D eigenvalue weighted by molar-refractivity contribution is -0.167. The molecule has 1 unspecified atom stereocenters. The summed E-state index contributed by atoms with van der Waals surface area (Å²) in [5, 5.41) is 15.6. The van der Waals surface area contributed by atoms with Crippen molar-refractivity contribution in [2.75, 3.05) is 0 Å². The lowest BCUT2D eigenvalue weighted by Gasteiger charge is -2.41. The summed E-state index contributed by atoms with van der Waals surface area (Å²) in [7, 11) is 0. The molecule has 2 aliphatic rings. The summed E-state index contributed by atoms with van der Waals surface area (Å²) in [5.74, 6) is 0.821. The van der Waals surface area contributed by atoms with Crippen LogP contribution in [0.5, 0.6) is 0 Å². The van der Waals surface area contributed by atoms with E-state index in [1.807, 2.05) is 13.1 Å². The van der Waals surface area contributed by atoms with E-state index < -0.39 is 11.6 Å². The summed E-state index contributed by atoms with van der Waals surface area (Å²) in [6.07, 6.45) is 11.6. The monoisotopic (exact) mass is 489 g/mol. The Hall–Kier alpha value is -3.29. The molecular weight excluding hydrogens is 454 g/mol. The zero-order valence-corrected chi connectivity index (χ0v) is 21.5. The van der Waals surface area contributed by atoms with Crippen molar-refractivity contribution in [1.82, 2.24) is 24.6 Å². The number of fused-ring (bicyclic) bond motifs is 1. The van der Waals surface area contributed by atoms with Crippen LogP contribution in [-0.4, -0.2) is 41.2 Å². The number of carbonyl (C=O) groups excluding carboxylic acids is 1. The molecule has 1 fully saturated rings. The predicted octanol–water partition coefficient (Wildman–Crippen LogP) is 4.82. The quantitative estimate of drug-likeness (QED) is 0.453. The number of cyclic esters (lactones) is 1. The average molecular weight is 490 g/mol. The van der Waals surface area contributed by atoms with Crippen LogP contribution in [0.25, 0.3) is 5.78 Å². The Bertz CT molecular complexity index is 1290. The average Bonchev–Trinajstić information content (AvgIpc) is 3.55. The minimum atomic E-state index is -0.686. The van der Waals surface area contributed by atoms with E-state index in [2.05, 4.69) is 41.0 Å². The minimum absolute atomic E-state index is 0.111. The molecule has 1 aliphatic carbocycles. The number of nitrogens with zero attached hydrogens (tertiary/aromatic N) is 5. The van der Waals surface area contributed by atoms with Gasteiger partial charge in [0, 0.05) is 36.6 Å². The molecule has 0 radical (unpaired) electrons. The van der Waals surface area contributed by atoms with E-state index >= 15 is 0 Å². The molecule has 8 nitrogen and oxygen atoms in total. The molecule has 0 saturated heterocycles. The third-order valence-electron chi connectivity index (χ3n) is 7.71. The van der Waals surface area contributed by atoms with E-state index in [4.69, 9.17) is 9.72 Å². The van der Waals surface area contributed by atoms with Gasteiger partial charge in [0.2, 0.25) is 0 Å². The Labute approximate surface area is 211 Å². The van der Waals surface area contributed by atoms with Gasteiger partial charge in [-0.05, 0) is 74.6 Å². The Morgan fingerprint density at radius 2 is 1.86 bits per heavy atom. The number of aliphatic hydroxyl groups excluding tert-OH is 1. The number of esters is 1. The molecular formula is C28H35N5O3. The van der Waals surface area contributed by atoms with Crippen LogP contribution in [0.15, 0.2) is 35.9 Å². The molecule has 8 heteroatoms. The summed E-state index contributed by atoms with van der Waals surface area (Å²) in [6.45, 7) is 6.17.